The molecule has 0 bridgehead atoms. The molecule has 0 aliphatic carbocycles. The Labute approximate surface area is 167 Å². The molecule has 0 saturated carbocycles. The van der Waals surface area contributed by atoms with Crippen LogP contribution in [0.3, 0.4) is 0 Å². The van der Waals surface area contributed by atoms with Gasteiger partial charge in [-0.25, -0.2) is 22.8 Å². The van der Waals surface area contributed by atoms with E-state index in [4.69, 9.17) is 4.74 Å². The summed E-state index contributed by atoms with van der Waals surface area (Å²) in [5.41, 5.74) is 2.27. The van der Waals surface area contributed by atoms with E-state index in [1.807, 2.05) is 0 Å². The van der Waals surface area contributed by atoms with Crippen LogP contribution in [0.4, 0.5) is 15.8 Å². The highest BCUT2D eigenvalue weighted by Gasteiger charge is 2.17. The number of sulfonamides is 1. The van der Waals surface area contributed by atoms with E-state index in [2.05, 4.69) is 20.0 Å². The van der Waals surface area contributed by atoms with Crippen molar-refractivity contribution in [1.29, 1.82) is 0 Å². The third-order valence-electron chi connectivity index (χ3n) is 4.14. The molecule has 2 N–H and O–H groups in total. The number of amides is 1. The van der Waals surface area contributed by atoms with Gasteiger partial charge < -0.3 is 10.1 Å². The summed E-state index contributed by atoms with van der Waals surface area (Å²) in [6, 6.07) is 6.74. The molecule has 0 radical (unpaired) electrons. The molecule has 10 heteroatoms. The average Bonchev–Trinajstić information content (AvgIpc) is 2.61. The van der Waals surface area contributed by atoms with Crippen molar-refractivity contribution in [3.05, 3.63) is 53.1 Å². The van der Waals surface area contributed by atoms with Crippen molar-refractivity contribution >= 4 is 38.3 Å². The summed E-state index contributed by atoms with van der Waals surface area (Å²) in [6.45, 7) is 3.50. The molecular weight excluding hydrogens is 399 g/mol. The minimum absolute atomic E-state index is 0.0176. The molecular formula is C19H19FN4O4S. The van der Waals surface area contributed by atoms with Crippen LogP contribution in [0.1, 0.15) is 21.7 Å². The predicted octanol–water partition coefficient (Wildman–Crippen LogP) is 3.02. The fourth-order valence-electron chi connectivity index (χ4n) is 2.73. The van der Waals surface area contributed by atoms with E-state index < -0.39 is 21.7 Å². The molecule has 1 aromatic heterocycles. The van der Waals surface area contributed by atoms with Crippen molar-refractivity contribution in [3.63, 3.8) is 0 Å². The van der Waals surface area contributed by atoms with Crippen LogP contribution in [-0.2, 0) is 10.0 Å². The standard InChI is InChI=1S/C19H19FN4O4S/c1-10-11(2)22-18-14(7-12(20)8-16(18)21-10)19(25)23-13-5-6-17(28-3)15(9-13)24-29(4,26)27/h5-9,24H,1-4H3,(H,23,25). The number of carbonyl (C=O) groups is 1. The minimum atomic E-state index is -3.56. The number of hydrogen-bond acceptors (Lipinski definition) is 6. The number of nitrogens with one attached hydrogen (secondary N) is 2. The number of hydrogen-bond donors (Lipinski definition) is 2. The zero-order chi connectivity index (χ0) is 21.3. The molecule has 1 heterocycles. The number of carbonyl (C=O) groups excluding carboxylic acids is 1. The van der Waals surface area contributed by atoms with Gasteiger partial charge in [-0.1, -0.05) is 0 Å². The van der Waals surface area contributed by atoms with Crippen LogP contribution in [-0.4, -0.2) is 37.7 Å². The van der Waals surface area contributed by atoms with Crippen LogP contribution < -0.4 is 14.8 Å². The van der Waals surface area contributed by atoms with Crippen LogP contribution in [0, 0.1) is 19.7 Å². The molecule has 2 aromatic carbocycles. The van der Waals surface area contributed by atoms with Crippen molar-refractivity contribution in [2.24, 2.45) is 0 Å². The Morgan fingerprint density at radius 1 is 1.10 bits per heavy atom. The monoisotopic (exact) mass is 418 g/mol. The molecule has 3 rings (SSSR count). The number of halogens is 1. The van der Waals surface area contributed by atoms with Crippen molar-refractivity contribution in [2.75, 3.05) is 23.4 Å². The van der Waals surface area contributed by atoms with Crippen molar-refractivity contribution in [2.45, 2.75) is 13.8 Å². The number of nitrogens with zero attached hydrogens (tertiary/aromatic N) is 2. The lowest BCUT2D eigenvalue weighted by atomic mass is 10.1. The Morgan fingerprint density at radius 3 is 2.45 bits per heavy atom. The maximum absolute atomic E-state index is 14.0. The van der Waals surface area contributed by atoms with E-state index in [-0.39, 0.29) is 33.7 Å². The molecule has 0 unspecified atom stereocenters. The lowest BCUT2D eigenvalue weighted by Crippen LogP contribution is -2.15. The van der Waals surface area contributed by atoms with Crippen LogP contribution in [0.5, 0.6) is 5.75 Å². The second-order valence-corrected chi connectivity index (χ2v) is 8.21. The van der Waals surface area contributed by atoms with Gasteiger partial charge in [0, 0.05) is 11.8 Å². The first-order valence-electron chi connectivity index (χ1n) is 8.49. The summed E-state index contributed by atoms with van der Waals surface area (Å²) >= 11 is 0. The molecule has 0 spiro atoms. The smallest absolute Gasteiger partial charge is 0.258 e. The predicted molar refractivity (Wildman–Crippen MR) is 108 cm³/mol. The normalized spacial score (nSPS) is 11.3. The first-order valence-corrected chi connectivity index (χ1v) is 10.4. The summed E-state index contributed by atoms with van der Waals surface area (Å²) in [4.78, 5) is 21.5. The van der Waals surface area contributed by atoms with Gasteiger partial charge in [-0.05, 0) is 38.1 Å². The van der Waals surface area contributed by atoms with Crippen molar-refractivity contribution < 1.29 is 22.3 Å². The Balaban J connectivity index is 2.01. The Kier molecular flexibility index (Phi) is 5.38. The summed E-state index contributed by atoms with van der Waals surface area (Å²) < 4.78 is 44.6. The molecule has 8 nitrogen and oxygen atoms in total. The highest BCUT2D eigenvalue weighted by atomic mass is 32.2. The summed E-state index contributed by atoms with van der Waals surface area (Å²) in [6.07, 6.45) is 1.000. The van der Waals surface area contributed by atoms with Gasteiger partial charge in [0.15, 0.2) is 0 Å². The first kappa shape index (κ1) is 20.5. The molecule has 0 aliphatic heterocycles. The fraction of sp³-hybridized carbons (Fsp3) is 0.211. The third-order valence-corrected chi connectivity index (χ3v) is 4.73. The van der Waals surface area contributed by atoms with Gasteiger partial charge in [-0.2, -0.15) is 0 Å². The van der Waals surface area contributed by atoms with Gasteiger partial charge in [-0.15, -0.1) is 0 Å². The number of methoxy groups -OCH3 is 1. The van der Waals surface area contributed by atoms with Crippen molar-refractivity contribution in [3.8, 4) is 5.75 Å². The summed E-state index contributed by atoms with van der Waals surface area (Å²) in [7, 11) is -2.17. The number of rotatable bonds is 5. The highest BCUT2D eigenvalue weighted by Crippen LogP contribution is 2.29. The zero-order valence-electron chi connectivity index (χ0n) is 16.2. The van der Waals surface area contributed by atoms with Crippen LogP contribution in [0.25, 0.3) is 11.0 Å². The van der Waals surface area contributed by atoms with Gasteiger partial charge in [-0.3, -0.25) is 9.52 Å². The number of anilines is 2. The van der Waals surface area contributed by atoms with Gasteiger partial charge >= 0.3 is 0 Å². The maximum Gasteiger partial charge on any atom is 0.258 e. The summed E-state index contributed by atoms with van der Waals surface area (Å²) in [5, 5.41) is 2.63. The molecule has 0 saturated heterocycles. The van der Waals surface area contributed by atoms with Crippen LogP contribution >= 0.6 is 0 Å². The van der Waals surface area contributed by atoms with E-state index in [9.17, 15) is 17.6 Å². The molecule has 0 atom stereocenters. The molecule has 0 fully saturated rings. The van der Waals surface area contributed by atoms with Crippen LogP contribution in [0.15, 0.2) is 30.3 Å². The lowest BCUT2D eigenvalue weighted by molar-refractivity contribution is 0.102. The van der Waals surface area contributed by atoms with Crippen molar-refractivity contribution in [1.82, 2.24) is 9.97 Å². The highest BCUT2D eigenvalue weighted by molar-refractivity contribution is 7.92. The van der Waals surface area contributed by atoms with Gasteiger partial charge in [0.1, 0.15) is 17.1 Å². The number of aromatic nitrogens is 2. The quantitative estimate of drug-likeness (QED) is 0.659. The topological polar surface area (TPSA) is 110 Å². The Hall–Kier alpha value is -3.27. The third kappa shape index (κ3) is 4.60. The molecule has 1 amide bonds. The SMILES string of the molecule is COc1ccc(NC(=O)c2cc(F)cc3nc(C)c(C)nc23)cc1NS(C)(=O)=O. The van der Waals surface area contributed by atoms with E-state index in [1.165, 1.54) is 31.4 Å². The Bertz CT molecular complexity index is 1230. The summed E-state index contributed by atoms with van der Waals surface area (Å²) in [5.74, 6) is -0.946. The molecule has 152 valence electrons. The number of benzene rings is 2. The first-order chi connectivity index (χ1) is 13.6. The molecule has 0 aliphatic rings. The van der Waals surface area contributed by atoms with Gasteiger partial charge in [0.05, 0.1) is 41.5 Å². The number of ether oxygens (including phenoxy) is 1. The maximum atomic E-state index is 14.0. The van der Waals surface area contributed by atoms with Gasteiger partial charge in [0.2, 0.25) is 10.0 Å². The fourth-order valence-corrected chi connectivity index (χ4v) is 3.29. The minimum Gasteiger partial charge on any atom is -0.495 e. The number of aryl methyl sites for hydroxylation is 2. The van der Waals surface area contributed by atoms with E-state index in [1.54, 1.807) is 13.8 Å². The largest absolute Gasteiger partial charge is 0.495 e. The Morgan fingerprint density at radius 2 is 1.79 bits per heavy atom. The van der Waals surface area contributed by atoms with Gasteiger partial charge in [0.25, 0.3) is 5.91 Å². The lowest BCUT2D eigenvalue weighted by Gasteiger charge is -2.13. The second kappa shape index (κ2) is 7.63. The molecule has 29 heavy (non-hydrogen) atoms. The molecule has 3 aromatic rings. The zero-order valence-corrected chi connectivity index (χ0v) is 17.0. The number of fused-ring (bicyclic) bond motifs is 1. The van der Waals surface area contributed by atoms with Crippen LogP contribution in [0.2, 0.25) is 0 Å². The van der Waals surface area contributed by atoms with E-state index in [0.717, 1.165) is 12.3 Å². The van der Waals surface area contributed by atoms with E-state index in [0.29, 0.717) is 11.4 Å². The van der Waals surface area contributed by atoms with E-state index >= 15 is 0 Å². The average molecular weight is 418 g/mol. The second-order valence-electron chi connectivity index (χ2n) is 6.46.